The molecular weight excluding hydrogens is 358 g/mol. The molecule has 0 spiro atoms. The van der Waals surface area contributed by atoms with Crippen molar-refractivity contribution in [2.45, 2.75) is 45.1 Å². The summed E-state index contributed by atoms with van der Waals surface area (Å²) in [7, 11) is 0. The summed E-state index contributed by atoms with van der Waals surface area (Å²) in [6.07, 6.45) is 7.51. The van der Waals surface area contributed by atoms with E-state index in [0.717, 1.165) is 24.0 Å². The van der Waals surface area contributed by atoms with Gasteiger partial charge in [-0.1, -0.05) is 59.6 Å². The van der Waals surface area contributed by atoms with E-state index in [1.54, 1.807) is 6.92 Å². The van der Waals surface area contributed by atoms with Crippen molar-refractivity contribution in [3.63, 3.8) is 0 Å². The van der Waals surface area contributed by atoms with E-state index in [2.05, 4.69) is 11.4 Å². The molecule has 0 saturated carbocycles. The molecule has 0 saturated heterocycles. The second-order valence-electron chi connectivity index (χ2n) is 6.92. The molecule has 0 aromatic heterocycles. The maximum absolute atomic E-state index is 12.3. The highest BCUT2D eigenvalue weighted by Gasteiger charge is 2.16. The largest absolute Gasteiger partial charge is 0.479 e. The topological polar surface area (TPSA) is 38.3 Å². The Balaban J connectivity index is 1.53. The van der Waals surface area contributed by atoms with Crippen LogP contribution in [0.15, 0.2) is 60.2 Å². The fraction of sp³-hybridized carbons (Fsp3) is 0.348. The minimum atomic E-state index is -0.592. The van der Waals surface area contributed by atoms with Crippen LogP contribution in [0.3, 0.4) is 0 Å². The Kier molecular flexibility index (Phi) is 6.94. The van der Waals surface area contributed by atoms with Crippen molar-refractivity contribution in [1.82, 2.24) is 5.32 Å². The van der Waals surface area contributed by atoms with E-state index in [9.17, 15) is 4.79 Å². The van der Waals surface area contributed by atoms with Crippen LogP contribution in [0.2, 0.25) is 5.02 Å². The number of amides is 1. The fourth-order valence-corrected chi connectivity index (χ4v) is 3.50. The van der Waals surface area contributed by atoms with Crippen LogP contribution in [-0.2, 0) is 4.79 Å². The van der Waals surface area contributed by atoms with Crippen LogP contribution in [0.1, 0.15) is 39.0 Å². The summed E-state index contributed by atoms with van der Waals surface area (Å²) in [5.74, 6) is 0.406. The molecule has 0 heterocycles. The first-order valence-electron chi connectivity index (χ1n) is 9.61. The van der Waals surface area contributed by atoms with Crippen LogP contribution in [0.4, 0.5) is 0 Å². The van der Waals surface area contributed by atoms with Crippen molar-refractivity contribution < 1.29 is 9.53 Å². The van der Waals surface area contributed by atoms with Gasteiger partial charge in [0.15, 0.2) is 6.10 Å². The second-order valence-corrected chi connectivity index (χ2v) is 7.33. The van der Waals surface area contributed by atoms with Gasteiger partial charge in [0.25, 0.3) is 5.91 Å². The lowest BCUT2D eigenvalue weighted by Gasteiger charge is -2.17. The molecule has 1 amide bonds. The van der Waals surface area contributed by atoms with Gasteiger partial charge in [0.1, 0.15) is 5.75 Å². The smallest absolute Gasteiger partial charge is 0.260 e. The summed E-state index contributed by atoms with van der Waals surface area (Å²) in [5, 5.41) is 3.46. The molecule has 2 aromatic rings. The van der Waals surface area contributed by atoms with E-state index in [4.69, 9.17) is 16.3 Å². The van der Waals surface area contributed by atoms with Gasteiger partial charge in [-0.25, -0.2) is 0 Å². The minimum absolute atomic E-state index is 0.116. The van der Waals surface area contributed by atoms with Gasteiger partial charge in [0.2, 0.25) is 0 Å². The number of allylic oxidation sites excluding steroid dienone is 1. The molecule has 142 valence electrons. The molecule has 1 atom stereocenters. The zero-order valence-electron chi connectivity index (χ0n) is 15.7. The summed E-state index contributed by atoms with van der Waals surface area (Å²) in [6, 6.07) is 15.7. The van der Waals surface area contributed by atoms with Crippen molar-refractivity contribution in [2.75, 3.05) is 6.54 Å². The first kappa shape index (κ1) is 19.5. The first-order valence-corrected chi connectivity index (χ1v) is 9.98. The minimum Gasteiger partial charge on any atom is -0.479 e. The van der Waals surface area contributed by atoms with Crippen molar-refractivity contribution in [3.8, 4) is 16.9 Å². The number of carbonyl (C=O) groups is 1. The highest BCUT2D eigenvalue weighted by molar-refractivity contribution is 6.32. The second kappa shape index (κ2) is 9.61. The number of ether oxygens (including phenoxy) is 1. The average Bonchev–Trinajstić information content (AvgIpc) is 2.71. The molecule has 4 heteroatoms. The van der Waals surface area contributed by atoms with Crippen molar-refractivity contribution in [2.24, 2.45) is 0 Å². The predicted molar refractivity (Wildman–Crippen MR) is 111 cm³/mol. The highest BCUT2D eigenvalue weighted by Crippen LogP contribution is 2.31. The Morgan fingerprint density at radius 3 is 2.67 bits per heavy atom. The van der Waals surface area contributed by atoms with E-state index in [1.165, 1.54) is 24.8 Å². The number of benzene rings is 2. The van der Waals surface area contributed by atoms with E-state index in [-0.39, 0.29) is 5.91 Å². The van der Waals surface area contributed by atoms with Crippen molar-refractivity contribution >= 4 is 17.5 Å². The van der Waals surface area contributed by atoms with Gasteiger partial charge in [0.05, 0.1) is 5.02 Å². The van der Waals surface area contributed by atoms with E-state index in [0.29, 0.717) is 17.3 Å². The summed E-state index contributed by atoms with van der Waals surface area (Å²) in [5.41, 5.74) is 3.56. The third-order valence-corrected chi connectivity index (χ3v) is 5.14. The van der Waals surface area contributed by atoms with Gasteiger partial charge < -0.3 is 10.1 Å². The first-order chi connectivity index (χ1) is 13.1. The van der Waals surface area contributed by atoms with Gasteiger partial charge in [-0.05, 0) is 62.3 Å². The van der Waals surface area contributed by atoms with Gasteiger partial charge >= 0.3 is 0 Å². The summed E-state index contributed by atoms with van der Waals surface area (Å²) in [6.45, 7) is 2.40. The molecule has 1 N–H and O–H groups in total. The Bertz CT molecular complexity index is 801. The number of halogens is 1. The Hall–Kier alpha value is -2.26. The zero-order valence-corrected chi connectivity index (χ0v) is 16.5. The SMILES string of the molecule is C[C@@H](Oc1ccc(-c2ccccc2)cc1Cl)C(=O)NCCC1=CCCCC1. The summed E-state index contributed by atoms with van der Waals surface area (Å²) < 4.78 is 5.78. The number of hydrogen-bond donors (Lipinski definition) is 1. The van der Waals surface area contributed by atoms with E-state index in [1.807, 2.05) is 48.5 Å². The van der Waals surface area contributed by atoms with Gasteiger partial charge in [-0.15, -0.1) is 0 Å². The van der Waals surface area contributed by atoms with Crippen LogP contribution in [0, 0.1) is 0 Å². The molecule has 3 rings (SSSR count). The molecular formula is C23H26ClNO2. The lowest BCUT2D eigenvalue weighted by molar-refractivity contribution is -0.127. The number of rotatable bonds is 7. The maximum Gasteiger partial charge on any atom is 0.260 e. The van der Waals surface area contributed by atoms with Crippen LogP contribution in [-0.4, -0.2) is 18.6 Å². The number of nitrogens with one attached hydrogen (secondary N) is 1. The maximum atomic E-state index is 12.3. The van der Waals surface area contributed by atoms with Crippen LogP contribution in [0.25, 0.3) is 11.1 Å². The van der Waals surface area contributed by atoms with Gasteiger partial charge in [0, 0.05) is 6.54 Å². The Morgan fingerprint density at radius 1 is 1.15 bits per heavy atom. The van der Waals surface area contributed by atoms with Crippen LogP contribution < -0.4 is 10.1 Å². The van der Waals surface area contributed by atoms with Crippen molar-refractivity contribution in [1.29, 1.82) is 0 Å². The fourth-order valence-electron chi connectivity index (χ4n) is 3.27. The van der Waals surface area contributed by atoms with E-state index >= 15 is 0 Å². The molecule has 3 nitrogen and oxygen atoms in total. The van der Waals surface area contributed by atoms with Gasteiger partial charge in [-0.2, -0.15) is 0 Å². The summed E-state index contributed by atoms with van der Waals surface area (Å²) >= 11 is 6.37. The molecule has 2 aromatic carbocycles. The van der Waals surface area contributed by atoms with Crippen LogP contribution >= 0.6 is 11.6 Å². The van der Waals surface area contributed by atoms with E-state index < -0.39 is 6.10 Å². The third kappa shape index (κ3) is 5.61. The molecule has 0 unspecified atom stereocenters. The lowest BCUT2D eigenvalue weighted by Crippen LogP contribution is -2.37. The van der Waals surface area contributed by atoms with Crippen LogP contribution in [0.5, 0.6) is 5.75 Å². The predicted octanol–water partition coefficient (Wildman–Crippen LogP) is 5.78. The normalized spacial score (nSPS) is 15.0. The quantitative estimate of drug-likeness (QED) is 0.615. The lowest BCUT2D eigenvalue weighted by atomic mass is 9.97. The van der Waals surface area contributed by atoms with Crippen molar-refractivity contribution in [3.05, 3.63) is 65.2 Å². The summed E-state index contributed by atoms with van der Waals surface area (Å²) in [4.78, 5) is 12.3. The highest BCUT2D eigenvalue weighted by atomic mass is 35.5. The zero-order chi connectivity index (χ0) is 19.1. The standard InChI is InChI=1S/C23H26ClNO2/c1-17(23(26)25-15-14-18-8-4-2-5-9-18)27-22-13-12-20(16-21(22)24)19-10-6-3-7-11-19/h3,6-8,10-13,16-17H,2,4-5,9,14-15H2,1H3,(H,25,26)/t17-/m1/s1. The molecule has 1 aliphatic rings. The third-order valence-electron chi connectivity index (χ3n) is 4.84. The molecule has 0 aliphatic heterocycles. The molecule has 0 radical (unpaired) electrons. The van der Waals surface area contributed by atoms with Gasteiger partial charge in [-0.3, -0.25) is 4.79 Å². The average molecular weight is 384 g/mol. The monoisotopic (exact) mass is 383 g/mol. The molecule has 0 bridgehead atoms. The Morgan fingerprint density at radius 2 is 1.96 bits per heavy atom. The molecule has 27 heavy (non-hydrogen) atoms. The Labute approximate surface area is 166 Å². The molecule has 1 aliphatic carbocycles. The number of carbonyl (C=O) groups excluding carboxylic acids is 1. The number of hydrogen-bond acceptors (Lipinski definition) is 2. The molecule has 0 fully saturated rings.